The Bertz CT molecular complexity index is 632. The highest BCUT2D eigenvalue weighted by Gasteiger charge is 2.12. The van der Waals surface area contributed by atoms with Crippen LogP contribution in [0.5, 0.6) is 0 Å². The summed E-state index contributed by atoms with van der Waals surface area (Å²) in [4.78, 5) is 4.13. The second-order valence-corrected chi connectivity index (χ2v) is 6.89. The van der Waals surface area contributed by atoms with E-state index in [4.69, 9.17) is 8.94 Å². The van der Waals surface area contributed by atoms with Crippen molar-refractivity contribution in [1.29, 1.82) is 0 Å². The summed E-state index contributed by atoms with van der Waals surface area (Å²) in [6.45, 7) is 0. The molecule has 2 heterocycles. The molecule has 0 N–H and O–H groups in total. The average molecular weight is 335 g/mol. The summed E-state index contributed by atoms with van der Waals surface area (Å²) in [6, 6.07) is 3.45. The molecule has 2 rings (SSSR count). The monoisotopic (exact) mass is 334 g/mol. The number of aryl methyl sites for hydroxylation is 1. The highest BCUT2D eigenvalue weighted by Crippen LogP contribution is 2.22. The highest BCUT2D eigenvalue weighted by atomic mass is 79.9. The van der Waals surface area contributed by atoms with Crippen molar-refractivity contribution in [2.45, 2.75) is 12.8 Å². The van der Waals surface area contributed by atoms with Crippen LogP contribution in [0.3, 0.4) is 0 Å². The summed E-state index contributed by atoms with van der Waals surface area (Å²) >= 11 is 3.18. The molecule has 0 spiro atoms. The van der Waals surface area contributed by atoms with Crippen LogP contribution in [0, 0.1) is 0 Å². The highest BCUT2D eigenvalue weighted by molar-refractivity contribution is 9.10. The van der Waals surface area contributed by atoms with Gasteiger partial charge in [-0.15, -0.1) is 0 Å². The summed E-state index contributed by atoms with van der Waals surface area (Å²) < 4.78 is 32.8. The summed E-state index contributed by atoms with van der Waals surface area (Å²) in [6.07, 6.45) is 2.09. The predicted molar refractivity (Wildman–Crippen MR) is 67.7 cm³/mol. The quantitative estimate of drug-likeness (QED) is 0.831. The van der Waals surface area contributed by atoms with Gasteiger partial charge in [0.25, 0.3) is 0 Å². The van der Waals surface area contributed by atoms with E-state index in [0.717, 1.165) is 0 Å². The molecule has 2 aromatic heterocycles. The number of aromatic nitrogens is 2. The van der Waals surface area contributed by atoms with E-state index in [2.05, 4.69) is 26.1 Å². The molecule has 18 heavy (non-hydrogen) atoms. The Kier molecular flexibility index (Phi) is 3.86. The van der Waals surface area contributed by atoms with Crippen LogP contribution >= 0.6 is 15.9 Å². The van der Waals surface area contributed by atoms with E-state index in [9.17, 15) is 8.42 Å². The SMILES string of the molecule is CS(=O)(=O)CCCc1nc(-c2ccc(Br)o2)no1. The number of nitrogens with zero attached hydrogens (tertiary/aromatic N) is 2. The van der Waals surface area contributed by atoms with E-state index in [1.807, 2.05) is 0 Å². The third-order valence-electron chi connectivity index (χ3n) is 2.17. The van der Waals surface area contributed by atoms with Gasteiger partial charge in [-0.3, -0.25) is 0 Å². The van der Waals surface area contributed by atoms with Gasteiger partial charge in [-0.1, -0.05) is 5.16 Å². The summed E-state index contributed by atoms with van der Waals surface area (Å²) in [5.74, 6) is 1.37. The molecule has 0 aliphatic heterocycles. The van der Waals surface area contributed by atoms with Gasteiger partial charge >= 0.3 is 0 Å². The topological polar surface area (TPSA) is 86.2 Å². The Balaban J connectivity index is 1.98. The van der Waals surface area contributed by atoms with Crippen LogP contribution in [0.15, 0.2) is 25.7 Å². The van der Waals surface area contributed by atoms with E-state index in [1.54, 1.807) is 12.1 Å². The molecule has 0 radical (unpaired) electrons. The first-order valence-electron chi connectivity index (χ1n) is 5.20. The molecule has 0 bridgehead atoms. The molecule has 0 saturated carbocycles. The lowest BCUT2D eigenvalue weighted by Crippen LogP contribution is -2.04. The van der Waals surface area contributed by atoms with Gasteiger partial charge < -0.3 is 8.94 Å². The molecule has 0 aromatic carbocycles. The fourth-order valence-electron chi connectivity index (χ4n) is 1.38. The molecule has 0 unspecified atom stereocenters. The van der Waals surface area contributed by atoms with Crippen molar-refractivity contribution in [2.24, 2.45) is 0 Å². The maximum Gasteiger partial charge on any atom is 0.238 e. The molecular formula is C10H11BrN2O4S. The zero-order valence-corrected chi connectivity index (χ0v) is 12.0. The Morgan fingerprint density at radius 3 is 2.78 bits per heavy atom. The molecule has 0 fully saturated rings. The third kappa shape index (κ3) is 3.67. The minimum absolute atomic E-state index is 0.108. The molecule has 0 aliphatic rings. The standard InChI is InChI=1S/C10H11BrN2O4S/c1-18(14,15)6-2-3-9-12-10(13-17-9)7-4-5-8(11)16-7/h4-5H,2-3,6H2,1H3. The molecule has 2 aromatic rings. The van der Waals surface area contributed by atoms with Gasteiger partial charge in [-0.25, -0.2) is 8.42 Å². The second-order valence-electron chi connectivity index (χ2n) is 3.85. The lowest BCUT2D eigenvalue weighted by Gasteiger charge is -1.94. The lowest BCUT2D eigenvalue weighted by molar-refractivity contribution is 0.376. The van der Waals surface area contributed by atoms with E-state index in [-0.39, 0.29) is 5.75 Å². The van der Waals surface area contributed by atoms with Gasteiger partial charge in [0.05, 0.1) is 5.75 Å². The van der Waals surface area contributed by atoms with Crippen LogP contribution in [-0.4, -0.2) is 30.6 Å². The normalized spacial score (nSPS) is 11.9. The number of halogens is 1. The second kappa shape index (κ2) is 5.23. The van der Waals surface area contributed by atoms with E-state index < -0.39 is 9.84 Å². The molecule has 6 nitrogen and oxygen atoms in total. The van der Waals surface area contributed by atoms with Crippen molar-refractivity contribution in [3.05, 3.63) is 22.7 Å². The molecule has 0 atom stereocenters. The first-order valence-corrected chi connectivity index (χ1v) is 8.05. The van der Waals surface area contributed by atoms with Gasteiger partial charge in [-0.05, 0) is 34.5 Å². The maximum absolute atomic E-state index is 11.0. The summed E-state index contributed by atoms with van der Waals surface area (Å²) in [7, 11) is -2.95. The van der Waals surface area contributed by atoms with Crippen molar-refractivity contribution < 1.29 is 17.4 Å². The van der Waals surface area contributed by atoms with Crippen molar-refractivity contribution in [3.8, 4) is 11.6 Å². The fraction of sp³-hybridized carbons (Fsp3) is 0.400. The molecule has 0 amide bonds. The molecule has 98 valence electrons. The number of sulfone groups is 1. The van der Waals surface area contributed by atoms with Gasteiger partial charge in [-0.2, -0.15) is 4.98 Å². The van der Waals surface area contributed by atoms with Crippen LogP contribution in [0.2, 0.25) is 0 Å². The zero-order valence-electron chi connectivity index (χ0n) is 9.59. The van der Waals surface area contributed by atoms with Crippen molar-refractivity contribution >= 4 is 25.8 Å². The van der Waals surface area contributed by atoms with E-state index >= 15 is 0 Å². The van der Waals surface area contributed by atoms with Crippen molar-refractivity contribution in [3.63, 3.8) is 0 Å². The Hall–Kier alpha value is -1.15. The first kappa shape index (κ1) is 13.3. The zero-order chi connectivity index (χ0) is 13.2. The molecule has 0 saturated heterocycles. The molecular weight excluding hydrogens is 324 g/mol. The number of hydrogen-bond acceptors (Lipinski definition) is 6. The minimum atomic E-state index is -2.95. The minimum Gasteiger partial charge on any atom is -0.446 e. The Labute approximate surface area is 112 Å². The summed E-state index contributed by atoms with van der Waals surface area (Å²) in [5.41, 5.74) is 0. The number of furan rings is 1. The smallest absolute Gasteiger partial charge is 0.238 e. The van der Waals surface area contributed by atoms with E-state index in [1.165, 1.54) is 6.26 Å². The van der Waals surface area contributed by atoms with Crippen LogP contribution < -0.4 is 0 Å². The average Bonchev–Trinajstić information content (AvgIpc) is 2.85. The van der Waals surface area contributed by atoms with Crippen LogP contribution in [0.4, 0.5) is 0 Å². The van der Waals surface area contributed by atoms with Crippen molar-refractivity contribution in [2.75, 3.05) is 12.0 Å². The number of hydrogen-bond donors (Lipinski definition) is 0. The number of rotatable bonds is 5. The van der Waals surface area contributed by atoms with Gasteiger partial charge in [0, 0.05) is 12.7 Å². The van der Waals surface area contributed by atoms with Crippen molar-refractivity contribution in [1.82, 2.24) is 10.1 Å². The van der Waals surface area contributed by atoms with Gasteiger partial charge in [0.15, 0.2) is 10.4 Å². The predicted octanol–water partition coefficient (Wildman–Crippen LogP) is 2.07. The third-order valence-corrected chi connectivity index (χ3v) is 3.62. The largest absolute Gasteiger partial charge is 0.446 e. The van der Waals surface area contributed by atoms with Crippen LogP contribution in [0.25, 0.3) is 11.6 Å². The molecule has 0 aliphatic carbocycles. The van der Waals surface area contributed by atoms with Gasteiger partial charge in [0.1, 0.15) is 9.84 Å². The fourth-order valence-corrected chi connectivity index (χ4v) is 2.35. The van der Waals surface area contributed by atoms with Crippen LogP contribution in [0.1, 0.15) is 12.3 Å². The van der Waals surface area contributed by atoms with E-state index in [0.29, 0.717) is 35.0 Å². The lowest BCUT2D eigenvalue weighted by atomic mass is 10.3. The first-order chi connectivity index (χ1) is 8.44. The van der Waals surface area contributed by atoms with Crippen LogP contribution in [-0.2, 0) is 16.3 Å². The Morgan fingerprint density at radius 1 is 1.39 bits per heavy atom. The maximum atomic E-state index is 11.0. The molecule has 8 heteroatoms. The Morgan fingerprint density at radius 2 is 2.17 bits per heavy atom. The van der Waals surface area contributed by atoms with Gasteiger partial charge in [0.2, 0.25) is 11.7 Å². The summed E-state index contributed by atoms with van der Waals surface area (Å²) in [5, 5.41) is 3.76.